The third-order valence-corrected chi connectivity index (χ3v) is 2.84. The largest absolute Gasteiger partial charge is 0.313 e. The van der Waals surface area contributed by atoms with Gasteiger partial charge in [0.15, 0.2) is 4.77 Å². The summed E-state index contributed by atoms with van der Waals surface area (Å²) in [4.78, 5) is 0. The van der Waals surface area contributed by atoms with Crippen LogP contribution in [0.2, 0.25) is 0 Å². The highest BCUT2D eigenvalue weighted by molar-refractivity contribution is 7.71. The molecule has 0 spiro atoms. The minimum atomic E-state index is 0.592. The van der Waals surface area contributed by atoms with Gasteiger partial charge in [-0.15, -0.1) is 0 Å². The predicted octanol–water partition coefficient (Wildman–Crippen LogP) is 1.39. The Balaban J connectivity index is 2.28. The van der Waals surface area contributed by atoms with Crippen LogP contribution >= 0.6 is 12.2 Å². The summed E-state index contributed by atoms with van der Waals surface area (Å²) in [5.74, 6) is 1.03. The van der Waals surface area contributed by atoms with Crippen molar-refractivity contribution >= 4 is 12.2 Å². The molecule has 1 aliphatic rings. The molecule has 0 amide bonds. The fourth-order valence-electron chi connectivity index (χ4n) is 1.64. The first-order valence-electron chi connectivity index (χ1n) is 4.63. The Morgan fingerprint density at radius 1 is 1.69 bits per heavy atom. The fourth-order valence-corrected chi connectivity index (χ4v) is 1.94. The van der Waals surface area contributed by atoms with E-state index < -0.39 is 0 Å². The van der Waals surface area contributed by atoms with E-state index >= 15 is 0 Å². The molecule has 72 valence electrons. The zero-order valence-electron chi connectivity index (χ0n) is 7.71. The van der Waals surface area contributed by atoms with Crippen molar-refractivity contribution in [1.29, 1.82) is 0 Å². The molecule has 0 aliphatic heterocycles. The van der Waals surface area contributed by atoms with Gasteiger partial charge in [-0.2, -0.15) is 5.10 Å². The predicted molar refractivity (Wildman–Crippen MR) is 53.1 cm³/mol. The maximum absolute atomic E-state index is 5.18. The number of nitrogens with one attached hydrogen (secondary N) is 2. The van der Waals surface area contributed by atoms with Gasteiger partial charge in [-0.25, -0.2) is 0 Å². The first-order valence-corrected chi connectivity index (χ1v) is 5.04. The van der Waals surface area contributed by atoms with Crippen molar-refractivity contribution in [2.45, 2.75) is 31.8 Å². The van der Waals surface area contributed by atoms with Gasteiger partial charge in [-0.1, -0.05) is 0 Å². The first kappa shape index (κ1) is 8.90. The van der Waals surface area contributed by atoms with E-state index in [-0.39, 0.29) is 0 Å². The van der Waals surface area contributed by atoms with Crippen molar-refractivity contribution in [3.8, 4) is 0 Å². The van der Waals surface area contributed by atoms with E-state index in [9.17, 15) is 0 Å². The van der Waals surface area contributed by atoms with Crippen LogP contribution in [0.15, 0.2) is 0 Å². The summed E-state index contributed by atoms with van der Waals surface area (Å²) in [6.45, 7) is 0.781. The second kappa shape index (κ2) is 3.59. The van der Waals surface area contributed by atoms with E-state index in [1.807, 2.05) is 7.05 Å². The smallest absolute Gasteiger partial charge is 0.195 e. The van der Waals surface area contributed by atoms with Crippen LogP contribution in [0.1, 0.15) is 31.1 Å². The van der Waals surface area contributed by atoms with Gasteiger partial charge in [-0.3, -0.25) is 9.67 Å². The van der Waals surface area contributed by atoms with Crippen molar-refractivity contribution in [3.05, 3.63) is 10.6 Å². The van der Waals surface area contributed by atoms with Crippen LogP contribution in [0, 0.1) is 4.77 Å². The minimum Gasteiger partial charge on any atom is -0.313 e. The summed E-state index contributed by atoms with van der Waals surface area (Å²) in [5, 5.41) is 10.1. The molecule has 2 N–H and O–H groups in total. The molecule has 1 aliphatic carbocycles. The second-order valence-corrected chi connectivity index (χ2v) is 3.82. The van der Waals surface area contributed by atoms with E-state index in [1.54, 1.807) is 0 Å². The molecule has 1 heterocycles. The number of rotatable bonds is 3. The normalized spacial score (nSPS) is 17.3. The van der Waals surface area contributed by atoms with Crippen LogP contribution in [0.4, 0.5) is 0 Å². The minimum absolute atomic E-state index is 0.592. The summed E-state index contributed by atoms with van der Waals surface area (Å²) in [5.41, 5.74) is 0. The first-order chi connectivity index (χ1) is 6.33. The van der Waals surface area contributed by atoms with Crippen LogP contribution < -0.4 is 5.32 Å². The molecule has 0 aromatic carbocycles. The third kappa shape index (κ3) is 1.53. The van der Waals surface area contributed by atoms with Crippen LogP contribution in [0.25, 0.3) is 0 Å². The highest BCUT2D eigenvalue weighted by atomic mass is 32.1. The average molecular weight is 198 g/mol. The maximum Gasteiger partial charge on any atom is 0.195 e. The van der Waals surface area contributed by atoms with E-state index in [2.05, 4.69) is 20.1 Å². The van der Waals surface area contributed by atoms with Gasteiger partial charge in [0.25, 0.3) is 0 Å². The summed E-state index contributed by atoms with van der Waals surface area (Å²) in [6, 6.07) is 0.592. The molecule has 1 aromatic rings. The average Bonchev–Trinajstić information content (AvgIpc) is 2.34. The standard InChI is InChI=1S/C8H14N4S/c1-9-5-7-10-11-8(13)12(7)6-3-2-4-6/h6,9H,2-5H2,1H3,(H,11,13). The molecule has 0 radical (unpaired) electrons. The Morgan fingerprint density at radius 2 is 2.46 bits per heavy atom. The summed E-state index contributed by atoms with van der Waals surface area (Å²) in [6.07, 6.45) is 3.80. The number of hydrogen-bond acceptors (Lipinski definition) is 3. The van der Waals surface area contributed by atoms with Gasteiger partial charge >= 0.3 is 0 Å². The molecule has 1 aromatic heterocycles. The van der Waals surface area contributed by atoms with Gasteiger partial charge < -0.3 is 5.32 Å². The Bertz CT molecular complexity index is 336. The number of aromatic amines is 1. The molecule has 2 rings (SSSR count). The highest BCUT2D eigenvalue weighted by Gasteiger charge is 2.22. The van der Waals surface area contributed by atoms with Crippen molar-refractivity contribution in [2.24, 2.45) is 0 Å². The number of aromatic nitrogens is 3. The Morgan fingerprint density at radius 3 is 3.00 bits per heavy atom. The maximum atomic E-state index is 5.18. The van der Waals surface area contributed by atoms with Gasteiger partial charge in [0.05, 0.1) is 6.54 Å². The Hall–Kier alpha value is -0.680. The SMILES string of the molecule is CNCc1n[nH]c(=S)n1C1CCC1. The molecule has 4 nitrogen and oxygen atoms in total. The lowest BCUT2D eigenvalue weighted by molar-refractivity contribution is 0.302. The number of nitrogens with zero attached hydrogens (tertiary/aromatic N) is 2. The van der Waals surface area contributed by atoms with Crippen LogP contribution in [-0.2, 0) is 6.54 Å². The topological polar surface area (TPSA) is 45.6 Å². The van der Waals surface area contributed by atoms with E-state index in [0.717, 1.165) is 17.1 Å². The molecule has 13 heavy (non-hydrogen) atoms. The van der Waals surface area contributed by atoms with Crippen LogP contribution in [0.3, 0.4) is 0 Å². The van der Waals surface area contributed by atoms with Gasteiger partial charge in [0.1, 0.15) is 5.82 Å². The van der Waals surface area contributed by atoms with Gasteiger partial charge in [0, 0.05) is 6.04 Å². The lowest BCUT2D eigenvalue weighted by atomic mass is 9.93. The lowest BCUT2D eigenvalue weighted by Crippen LogP contribution is -2.21. The zero-order valence-corrected chi connectivity index (χ0v) is 8.52. The number of hydrogen-bond donors (Lipinski definition) is 2. The Labute approximate surface area is 82.4 Å². The van der Waals surface area contributed by atoms with Crippen molar-refractivity contribution in [2.75, 3.05) is 7.05 Å². The fraction of sp³-hybridized carbons (Fsp3) is 0.750. The summed E-state index contributed by atoms with van der Waals surface area (Å²) >= 11 is 5.18. The molecule has 0 saturated heterocycles. The molecule has 0 atom stereocenters. The van der Waals surface area contributed by atoms with Gasteiger partial charge in [0.2, 0.25) is 0 Å². The molecule has 5 heteroatoms. The Kier molecular flexibility index (Phi) is 2.46. The van der Waals surface area contributed by atoms with Crippen LogP contribution in [0.5, 0.6) is 0 Å². The zero-order chi connectivity index (χ0) is 9.26. The molecule has 0 bridgehead atoms. The van der Waals surface area contributed by atoms with Crippen molar-refractivity contribution in [3.63, 3.8) is 0 Å². The summed E-state index contributed by atoms with van der Waals surface area (Å²) < 4.78 is 2.91. The van der Waals surface area contributed by atoms with Crippen LogP contribution in [-0.4, -0.2) is 21.8 Å². The quantitative estimate of drug-likeness (QED) is 0.721. The molecule has 1 fully saturated rings. The van der Waals surface area contributed by atoms with Gasteiger partial charge in [-0.05, 0) is 38.5 Å². The lowest BCUT2D eigenvalue weighted by Gasteiger charge is -2.27. The second-order valence-electron chi connectivity index (χ2n) is 3.43. The van der Waals surface area contributed by atoms with E-state index in [1.165, 1.54) is 19.3 Å². The monoisotopic (exact) mass is 198 g/mol. The number of H-pyrrole nitrogens is 1. The molecular formula is C8H14N4S. The molecular weight excluding hydrogens is 184 g/mol. The third-order valence-electron chi connectivity index (χ3n) is 2.55. The highest BCUT2D eigenvalue weighted by Crippen LogP contribution is 2.32. The van der Waals surface area contributed by atoms with E-state index in [0.29, 0.717) is 6.04 Å². The van der Waals surface area contributed by atoms with E-state index in [4.69, 9.17) is 12.2 Å². The van der Waals surface area contributed by atoms with Crippen molar-refractivity contribution in [1.82, 2.24) is 20.1 Å². The molecule has 1 saturated carbocycles. The summed E-state index contributed by atoms with van der Waals surface area (Å²) in [7, 11) is 1.92. The molecule has 0 unspecified atom stereocenters. The van der Waals surface area contributed by atoms with Crippen molar-refractivity contribution < 1.29 is 0 Å².